The number of carbonyl (C=O) groups excluding carboxylic acids is 1. The third kappa shape index (κ3) is 2.79. The Labute approximate surface area is 105 Å². The number of carbonyl (C=O) groups is 1. The molecule has 2 heterocycles. The molecule has 1 aromatic heterocycles. The Morgan fingerprint density at radius 2 is 2.17 bits per heavy atom. The minimum Gasteiger partial charge on any atom is -0.444 e. The number of likely N-dealkylation sites (tertiary alicyclic amines) is 1. The molecule has 1 aliphatic rings. The molecule has 1 amide bonds. The molecule has 2 unspecified atom stereocenters. The maximum atomic E-state index is 11.9. The summed E-state index contributed by atoms with van der Waals surface area (Å²) in [5.74, 6) is 0. The first-order valence-electron chi connectivity index (χ1n) is 5.88. The van der Waals surface area contributed by atoms with Crippen molar-refractivity contribution in [2.75, 3.05) is 13.1 Å². The predicted molar refractivity (Wildman–Crippen MR) is 62.9 cm³/mol. The Morgan fingerprint density at radius 3 is 2.72 bits per heavy atom. The van der Waals surface area contributed by atoms with Crippen molar-refractivity contribution in [2.45, 2.75) is 38.5 Å². The van der Waals surface area contributed by atoms with Gasteiger partial charge >= 0.3 is 6.09 Å². The fourth-order valence-corrected chi connectivity index (χ4v) is 1.90. The van der Waals surface area contributed by atoms with Crippen LogP contribution in [0.4, 0.5) is 4.79 Å². The molecule has 1 aromatic rings. The lowest BCUT2D eigenvalue weighted by molar-refractivity contribution is 0.0270. The van der Waals surface area contributed by atoms with Crippen LogP contribution in [0.2, 0.25) is 0 Å². The van der Waals surface area contributed by atoms with E-state index in [9.17, 15) is 9.90 Å². The zero-order valence-electron chi connectivity index (χ0n) is 10.8. The molecule has 0 saturated carbocycles. The summed E-state index contributed by atoms with van der Waals surface area (Å²) in [4.78, 5) is 13.4. The van der Waals surface area contributed by atoms with Crippen LogP contribution in [0.3, 0.4) is 0 Å². The minimum atomic E-state index is -0.654. The summed E-state index contributed by atoms with van der Waals surface area (Å²) in [6, 6.07) is -0.264. The zero-order valence-corrected chi connectivity index (χ0v) is 10.8. The highest BCUT2D eigenvalue weighted by atomic mass is 16.6. The predicted octanol–water partition coefficient (Wildman–Crippen LogP) is 0.431. The van der Waals surface area contributed by atoms with E-state index in [1.807, 2.05) is 20.8 Å². The first-order chi connectivity index (χ1) is 8.37. The van der Waals surface area contributed by atoms with Gasteiger partial charge in [0.25, 0.3) is 0 Å². The molecule has 0 radical (unpaired) electrons. The highest BCUT2D eigenvalue weighted by molar-refractivity contribution is 5.68. The number of aromatic nitrogens is 3. The lowest BCUT2D eigenvalue weighted by atomic mass is 10.2. The van der Waals surface area contributed by atoms with E-state index in [-0.39, 0.29) is 12.6 Å². The third-order valence-corrected chi connectivity index (χ3v) is 2.69. The van der Waals surface area contributed by atoms with E-state index in [1.165, 1.54) is 4.90 Å². The maximum absolute atomic E-state index is 11.9. The average Bonchev–Trinajstić information content (AvgIpc) is 2.82. The smallest absolute Gasteiger partial charge is 0.410 e. The number of rotatable bonds is 1. The number of hydrogen-bond donors (Lipinski definition) is 1. The number of aliphatic hydroxyl groups excluding tert-OH is 1. The van der Waals surface area contributed by atoms with Gasteiger partial charge in [0.1, 0.15) is 5.60 Å². The largest absolute Gasteiger partial charge is 0.444 e. The van der Waals surface area contributed by atoms with Crippen molar-refractivity contribution in [3.63, 3.8) is 0 Å². The van der Waals surface area contributed by atoms with E-state index in [0.29, 0.717) is 6.54 Å². The second-order valence-corrected chi connectivity index (χ2v) is 5.40. The van der Waals surface area contributed by atoms with E-state index in [0.717, 1.165) is 0 Å². The van der Waals surface area contributed by atoms with Gasteiger partial charge in [0.05, 0.1) is 24.9 Å². The molecule has 2 rings (SSSR count). The molecular weight excluding hydrogens is 236 g/mol. The van der Waals surface area contributed by atoms with Gasteiger partial charge in [0.15, 0.2) is 0 Å². The highest BCUT2D eigenvalue weighted by Crippen LogP contribution is 2.23. The molecule has 2 atom stereocenters. The van der Waals surface area contributed by atoms with Gasteiger partial charge in [-0.1, -0.05) is 5.21 Å². The number of ether oxygens (including phenoxy) is 1. The van der Waals surface area contributed by atoms with Crippen molar-refractivity contribution < 1.29 is 14.6 Å². The number of amides is 1. The normalized spacial score (nSPS) is 24.3. The van der Waals surface area contributed by atoms with Crippen LogP contribution in [0.25, 0.3) is 0 Å². The van der Waals surface area contributed by atoms with Gasteiger partial charge in [-0.15, -0.1) is 5.10 Å². The molecule has 0 aliphatic carbocycles. The minimum absolute atomic E-state index is 0.249. The van der Waals surface area contributed by atoms with Gasteiger partial charge in [-0.05, 0) is 20.8 Å². The monoisotopic (exact) mass is 254 g/mol. The molecule has 1 fully saturated rings. The summed E-state index contributed by atoms with van der Waals surface area (Å²) >= 11 is 0. The van der Waals surface area contributed by atoms with Gasteiger partial charge < -0.3 is 14.7 Å². The van der Waals surface area contributed by atoms with Gasteiger partial charge in [-0.25, -0.2) is 9.48 Å². The average molecular weight is 254 g/mol. The van der Waals surface area contributed by atoms with Crippen LogP contribution < -0.4 is 0 Å². The summed E-state index contributed by atoms with van der Waals surface area (Å²) in [7, 11) is 0. The lowest BCUT2D eigenvalue weighted by Gasteiger charge is -2.24. The topological polar surface area (TPSA) is 80.5 Å². The Bertz CT molecular complexity index is 412. The number of hydrogen-bond acceptors (Lipinski definition) is 5. The van der Waals surface area contributed by atoms with Crippen LogP contribution in [0.15, 0.2) is 12.4 Å². The van der Waals surface area contributed by atoms with Crippen LogP contribution in [-0.4, -0.2) is 55.9 Å². The fourth-order valence-electron chi connectivity index (χ4n) is 1.90. The second kappa shape index (κ2) is 4.56. The standard InChI is InChI=1S/C11H18N4O3/c1-11(2,3)18-10(17)14-6-8(9(16)7-14)15-5-4-12-13-15/h4-5,8-9,16H,6-7H2,1-3H3. The molecule has 0 bridgehead atoms. The van der Waals surface area contributed by atoms with Crippen molar-refractivity contribution in [1.82, 2.24) is 19.9 Å². The van der Waals surface area contributed by atoms with Crippen molar-refractivity contribution in [2.24, 2.45) is 0 Å². The molecule has 1 aliphatic heterocycles. The Hall–Kier alpha value is -1.63. The second-order valence-electron chi connectivity index (χ2n) is 5.40. The van der Waals surface area contributed by atoms with Crippen LogP contribution in [-0.2, 0) is 4.74 Å². The molecule has 1 N–H and O–H groups in total. The molecule has 0 aromatic carbocycles. The first-order valence-corrected chi connectivity index (χ1v) is 5.88. The maximum Gasteiger partial charge on any atom is 0.410 e. The van der Waals surface area contributed by atoms with E-state index < -0.39 is 17.8 Å². The van der Waals surface area contributed by atoms with E-state index >= 15 is 0 Å². The zero-order chi connectivity index (χ0) is 13.3. The van der Waals surface area contributed by atoms with E-state index in [2.05, 4.69) is 10.3 Å². The molecular formula is C11H18N4O3. The Morgan fingerprint density at radius 1 is 1.44 bits per heavy atom. The third-order valence-electron chi connectivity index (χ3n) is 2.69. The summed E-state index contributed by atoms with van der Waals surface area (Å²) in [6.45, 7) is 6.06. The molecule has 7 heteroatoms. The molecule has 1 saturated heterocycles. The quantitative estimate of drug-likeness (QED) is 0.786. The van der Waals surface area contributed by atoms with Gasteiger partial charge in [0, 0.05) is 12.7 Å². The van der Waals surface area contributed by atoms with Crippen molar-refractivity contribution in [1.29, 1.82) is 0 Å². The van der Waals surface area contributed by atoms with E-state index in [1.54, 1.807) is 17.1 Å². The lowest BCUT2D eigenvalue weighted by Crippen LogP contribution is -2.35. The molecule has 0 spiro atoms. The molecule has 18 heavy (non-hydrogen) atoms. The van der Waals surface area contributed by atoms with Crippen molar-refractivity contribution in [3.8, 4) is 0 Å². The van der Waals surface area contributed by atoms with Crippen molar-refractivity contribution >= 4 is 6.09 Å². The van der Waals surface area contributed by atoms with Crippen molar-refractivity contribution in [3.05, 3.63) is 12.4 Å². The molecule has 100 valence electrons. The summed E-state index contributed by atoms with van der Waals surface area (Å²) in [6.07, 6.45) is 2.15. The van der Waals surface area contributed by atoms with Crippen LogP contribution in [0.5, 0.6) is 0 Å². The van der Waals surface area contributed by atoms with Gasteiger partial charge in [-0.2, -0.15) is 0 Å². The Kier molecular flexibility index (Phi) is 3.25. The fraction of sp³-hybridized carbons (Fsp3) is 0.727. The summed E-state index contributed by atoms with van der Waals surface area (Å²) in [5.41, 5.74) is -0.534. The molecule has 7 nitrogen and oxygen atoms in total. The number of β-amino-alcohol motifs (C(OH)–C–C–N with tert-alkyl or cyclic N) is 1. The SMILES string of the molecule is CC(C)(C)OC(=O)N1CC(O)C(n2ccnn2)C1. The van der Waals surface area contributed by atoms with E-state index in [4.69, 9.17) is 4.74 Å². The van der Waals surface area contributed by atoms with Gasteiger partial charge in [-0.3, -0.25) is 0 Å². The number of nitrogens with zero attached hydrogens (tertiary/aromatic N) is 4. The first kappa shape index (κ1) is 12.8. The van der Waals surface area contributed by atoms with Crippen LogP contribution in [0.1, 0.15) is 26.8 Å². The number of aliphatic hydroxyl groups is 1. The van der Waals surface area contributed by atoms with Crippen LogP contribution >= 0.6 is 0 Å². The summed E-state index contributed by atoms with van der Waals surface area (Å²) in [5, 5.41) is 17.5. The Balaban J connectivity index is 2.00. The van der Waals surface area contributed by atoms with Gasteiger partial charge in [0.2, 0.25) is 0 Å². The summed E-state index contributed by atoms with van der Waals surface area (Å²) < 4.78 is 6.83. The van der Waals surface area contributed by atoms with Crippen LogP contribution in [0, 0.1) is 0 Å². The highest BCUT2D eigenvalue weighted by Gasteiger charge is 2.37.